The molecule has 0 saturated heterocycles. The second-order valence-electron chi connectivity index (χ2n) is 19.9. The summed E-state index contributed by atoms with van der Waals surface area (Å²) in [7, 11) is 0. The maximum absolute atomic E-state index is 7.38. The van der Waals surface area contributed by atoms with Crippen molar-refractivity contribution in [2.75, 3.05) is 4.90 Å². The van der Waals surface area contributed by atoms with Crippen molar-refractivity contribution in [1.82, 2.24) is 9.13 Å². The highest BCUT2D eigenvalue weighted by molar-refractivity contribution is 6.99. The molecular formula is C62H48BN3O2. The van der Waals surface area contributed by atoms with Gasteiger partial charge in [-0.2, -0.15) is 0 Å². The van der Waals surface area contributed by atoms with Crippen LogP contribution in [0.15, 0.2) is 186 Å². The molecule has 0 unspecified atom stereocenters. The lowest BCUT2D eigenvalue weighted by Gasteiger charge is -2.42. The molecule has 0 spiro atoms. The van der Waals surface area contributed by atoms with Crippen molar-refractivity contribution in [3.8, 4) is 22.9 Å². The molecule has 0 fully saturated rings. The van der Waals surface area contributed by atoms with Gasteiger partial charge < -0.3 is 23.2 Å². The number of hydrogen-bond acceptors (Lipinski definition) is 3. The molecule has 9 aromatic carbocycles. The quantitative estimate of drug-likeness (QED) is 0.156. The minimum atomic E-state index is -0.175. The second-order valence-corrected chi connectivity index (χ2v) is 19.9. The van der Waals surface area contributed by atoms with Gasteiger partial charge in [-0.1, -0.05) is 143 Å². The third kappa shape index (κ3) is 5.58. The first-order chi connectivity index (χ1) is 33.3. The SMILES string of the molecule is CCCCc1ccc2oc3ccccc3c2c1N1c2cc(-n3c4ccccc4c4ccccc43)ccc2B2c3ccc(-n4c5ccccc5c5ccccc54)cc3Oc3cc(C(C)(C)C)cc1c32. The number of hydrogen-bond donors (Lipinski definition) is 0. The number of benzene rings is 9. The van der Waals surface area contributed by atoms with E-state index in [9.17, 15) is 0 Å². The standard InChI is InChI=1S/C62H48BN3O2/c1-5-6-17-38-28-33-56-59(46-22-11-16-27-55(46)67-56)61(38)66-53-36-40(64-49-23-12-7-18-42(49)43-19-8-13-24-50(43)64)29-31-47(53)63-48-32-30-41(65-51-25-14-9-20-44(51)45-21-10-15-26-52(45)65)37-57(48)68-58-35-39(62(2,3)4)34-54(66)60(58)63/h7-16,18-37H,5-6,17H2,1-4H3. The molecule has 326 valence electrons. The fourth-order valence-corrected chi connectivity index (χ4v) is 11.7. The number of furan rings is 1. The van der Waals surface area contributed by atoms with E-state index in [0.29, 0.717) is 0 Å². The van der Waals surface area contributed by atoms with Gasteiger partial charge >= 0.3 is 0 Å². The lowest BCUT2D eigenvalue weighted by Crippen LogP contribution is -2.59. The van der Waals surface area contributed by atoms with Crippen LogP contribution in [0.25, 0.3) is 76.9 Å². The van der Waals surface area contributed by atoms with Gasteiger partial charge in [-0.15, -0.1) is 0 Å². The van der Waals surface area contributed by atoms with E-state index in [4.69, 9.17) is 9.15 Å². The first-order valence-electron chi connectivity index (χ1n) is 24.2. The lowest BCUT2D eigenvalue weighted by atomic mass is 9.34. The topological polar surface area (TPSA) is 35.5 Å². The molecule has 3 aromatic heterocycles. The molecule has 2 aliphatic rings. The van der Waals surface area contributed by atoms with Gasteiger partial charge in [0.05, 0.1) is 33.1 Å². The number of ether oxygens (including phenoxy) is 1. The second kappa shape index (κ2) is 14.5. The number of aryl methyl sites for hydroxylation is 1. The molecule has 0 bridgehead atoms. The molecule has 0 N–H and O–H groups in total. The van der Waals surface area contributed by atoms with E-state index in [1.165, 1.54) is 71.4 Å². The predicted octanol–water partition coefficient (Wildman–Crippen LogP) is 14.8. The van der Waals surface area contributed by atoms with E-state index < -0.39 is 0 Å². The van der Waals surface area contributed by atoms with E-state index >= 15 is 0 Å². The maximum Gasteiger partial charge on any atom is 0.256 e. The summed E-state index contributed by atoms with van der Waals surface area (Å²) in [6.07, 6.45) is 3.11. The predicted molar refractivity (Wildman–Crippen MR) is 286 cm³/mol. The van der Waals surface area contributed by atoms with E-state index in [1.54, 1.807) is 0 Å². The molecule has 68 heavy (non-hydrogen) atoms. The van der Waals surface area contributed by atoms with Crippen LogP contribution in [0, 0.1) is 0 Å². The lowest BCUT2D eigenvalue weighted by molar-refractivity contribution is 0.483. The van der Waals surface area contributed by atoms with Crippen LogP contribution in [-0.4, -0.2) is 15.8 Å². The average Bonchev–Trinajstić information content (AvgIpc) is 4.03. The van der Waals surface area contributed by atoms with Crippen LogP contribution in [0.5, 0.6) is 11.5 Å². The highest BCUT2D eigenvalue weighted by Crippen LogP contribution is 2.50. The van der Waals surface area contributed by atoms with Crippen LogP contribution in [0.3, 0.4) is 0 Å². The van der Waals surface area contributed by atoms with Crippen molar-refractivity contribution in [1.29, 1.82) is 0 Å². The summed E-state index contributed by atoms with van der Waals surface area (Å²) in [6, 6.07) is 67.1. The molecule has 2 aliphatic heterocycles. The number of para-hydroxylation sites is 5. The van der Waals surface area contributed by atoms with Crippen LogP contribution in [-0.2, 0) is 11.8 Å². The van der Waals surface area contributed by atoms with Crippen LogP contribution in [0.2, 0.25) is 0 Å². The Morgan fingerprint density at radius 2 is 1.06 bits per heavy atom. The fourth-order valence-electron chi connectivity index (χ4n) is 11.7. The molecule has 5 heterocycles. The summed E-state index contributed by atoms with van der Waals surface area (Å²) in [5.74, 6) is 1.79. The van der Waals surface area contributed by atoms with Gasteiger partial charge in [0.15, 0.2) is 0 Å². The molecule has 6 heteroatoms. The molecule has 14 rings (SSSR count). The van der Waals surface area contributed by atoms with Gasteiger partial charge in [0, 0.05) is 55.7 Å². The van der Waals surface area contributed by atoms with Gasteiger partial charge in [-0.25, -0.2) is 0 Å². The van der Waals surface area contributed by atoms with Gasteiger partial charge in [0.1, 0.15) is 22.7 Å². The van der Waals surface area contributed by atoms with Gasteiger partial charge in [-0.05, 0) is 113 Å². The van der Waals surface area contributed by atoms with E-state index in [0.717, 1.165) is 80.9 Å². The minimum Gasteiger partial charge on any atom is -0.458 e. The summed E-state index contributed by atoms with van der Waals surface area (Å²) in [6.45, 7) is 9.13. The highest BCUT2D eigenvalue weighted by Gasteiger charge is 2.44. The van der Waals surface area contributed by atoms with Crippen LogP contribution >= 0.6 is 0 Å². The Labute approximate surface area is 395 Å². The number of anilines is 3. The summed E-state index contributed by atoms with van der Waals surface area (Å²) in [5, 5.41) is 7.24. The van der Waals surface area contributed by atoms with Crippen LogP contribution < -0.4 is 26.0 Å². The summed E-state index contributed by atoms with van der Waals surface area (Å²) >= 11 is 0. The molecule has 0 saturated carbocycles. The van der Waals surface area contributed by atoms with E-state index in [1.807, 2.05) is 0 Å². The Kier molecular flexibility index (Phi) is 8.38. The van der Waals surface area contributed by atoms with Crippen molar-refractivity contribution in [2.45, 2.75) is 52.4 Å². The van der Waals surface area contributed by atoms with Crippen molar-refractivity contribution in [3.05, 3.63) is 193 Å². The third-order valence-corrected chi connectivity index (χ3v) is 14.9. The fraction of sp³-hybridized carbons (Fsp3) is 0.129. The first kappa shape index (κ1) is 39.2. The highest BCUT2D eigenvalue weighted by atomic mass is 16.5. The van der Waals surface area contributed by atoms with Crippen molar-refractivity contribution in [3.63, 3.8) is 0 Å². The maximum atomic E-state index is 7.38. The van der Waals surface area contributed by atoms with Crippen LogP contribution in [0.4, 0.5) is 17.1 Å². The number of rotatable bonds is 6. The Balaban J connectivity index is 1.09. The average molecular weight is 878 g/mol. The molecule has 0 aliphatic carbocycles. The largest absolute Gasteiger partial charge is 0.458 e. The normalized spacial score (nSPS) is 13.2. The molecular weight excluding hydrogens is 830 g/mol. The molecule has 0 amide bonds. The Bertz CT molecular complexity index is 3960. The smallest absolute Gasteiger partial charge is 0.256 e. The summed E-state index contributed by atoms with van der Waals surface area (Å²) in [4.78, 5) is 2.60. The summed E-state index contributed by atoms with van der Waals surface area (Å²) in [5.41, 5.74) is 18.2. The molecule has 5 nitrogen and oxygen atoms in total. The Hall–Kier alpha value is -7.96. The number of aromatic nitrogens is 2. The number of unbranched alkanes of at least 4 members (excludes halogenated alkanes) is 1. The molecule has 12 aromatic rings. The molecule has 0 atom stereocenters. The van der Waals surface area contributed by atoms with Gasteiger partial charge in [-0.3, -0.25) is 0 Å². The van der Waals surface area contributed by atoms with E-state index in [-0.39, 0.29) is 12.1 Å². The first-order valence-corrected chi connectivity index (χ1v) is 24.2. The van der Waals surface area contributed by atoms with Crippen molar-refractivity contribution in [2.24, 2.45) is 0 Å². The van der Waals surface area contributed by atoms with Crippen molar-refractivity contribution >= 4 is 106 Å². The van der Waals surface area contributed by atoms with Gasteiger partial charge in [0.25, 0.3) is 6.71 Å². The Morgan fingerprint density at radius 1 is 0.500 bits per heavy atom. The number of fused-ring (bicyclic) bond motifs is 13. The third-order valence-electron chi connectivity index (χ3n) is 14.9. The zero-order chi connectivity index (χ0) is 45.4. The molecule has 0 radical (unpaired) electrons. The van der Waals surface area contributed by atoms with Crippen LogP contribution in [0.1, 0.15) is 51.7 Å². The van der Waals surface area contributed by atoms with Crippen molar-refractivity contribution < 1.29 is 9.15 Å². The minimum absolute atomic E-state index is 0.0946. The number of nitrogens with zero attached hydrogens (tertiary/aromatic N) is 3. The Morgan fingerprint density at radius 3 is 1.66 bits per heavy atom. The monoisotopic (exact) mass is 877 g/mol. The zero-order valence-corrected chi connectivity index (χ0v) is 38.7. The van der Waals surface area contributed by atoms with Gasteiger partial charge in [0.2, 0.25) is 0 Å². The van der Waals surface area contributed by atoms with E-state index in [2.05, 4.69) is 224 Å². The zero-order valence-electron chi connectivity index (χ0n) is 38.7. The summed E-state index contributed by atoms with van der Waals surface area (Å²) < 4.78 is 19.0.